The van der Waals surface area contributed by atoms with Crippen LogP contribution in [-0.4, -0.2) is 35.5 Å². The van der Waals surface area contributed by atoms with Crippen LogP contribution < -0.4 is 14.8 Å². The van der Waals surface area contributed by atoms with Crippen LogP contribution in [0.15, 0.2) is 48.0 Å². The van der Waals surface area contributed by atoms with Crippen LogP contribution in [0.5, 0.6) is 11.5 Å². The minimum atomic E-state index is -0.548. The predicted octanol–water partition coefficient (Wildman–Crippen LogP) is 3.06. The SMILES string of the molecule is CCOc1cc(C=C2C(=O)NC(=S)N(C)C2=O)ccc1OCc1ccc(F)cc1. The molecule has 1 aliphatic rings. The van der Waals surface area contributed by atoms with Gasteiger partial charge in [-0.1, -0.05) is 18.2 Å². The van der Waals surface area contributed by atoms with Crippen molar-refractivity contribution in [2.24, 2.45) is 0 Å². The van der Waals surface area contributed by atoms with E-state index in [4.69, 9.17) is 21.7 Å². The quantitative estimate of drug-likeness (QED) is 0.447. The van der Waals surface area contributed by atoms with Gasteiger partial charge in [-0.15, -0.1) is 0 Å². The molecule has 0 bridgehead atoms. The van der Waals surface area contributed by atoms with Crippen molar-refractivity contribution in [3.05, 3.63) is 65.0 Å². The van der Waals surface area contributed by atoms with E-state index < -0.39 is 11.8 Å². The first-order valence-electron chi connectivity index (χ1n) is 8.88. The molecule has 8 heteroatoms. The summed E-state index contributed by atoms with van der Waals surface area (Å²) in [6, 6.07) is 11.1. The summed E-state index contributed by atoms with van der Waals surface area (Å²) in [4.78, 5) is 25.7. The molecule has 0 saturated carbocycles. The lowest BCUT2D eigenvalue weighted by atomic mass is 10.1. The first-order valence-corrected chi connectivity index (χ1v) is 9.29. The van der Waals surface area contributed by atoms with Gasteiger partial charge in [0.05, 0.1) is 6.61 Å². The zero-order valence-corrected chi connectivity index (χ0v) is 16.7. The van der Waals surface area contributed by atoms with Gasteiger partial charge in [-0.3, -0.25) is 19.8 Å². The second-order valence-corrected chi connectivity index (χ2v) is 6.62. The van der Waals surface area contributed by atoms with Crippen LogP contribution in [0.3, 0.4) is 0 Å². The molecule has 0 radical (unpaired) electrons. The number of hydrogen-bond donors (Lipinski definition) is 1. The highest BCUT2D eigenvalue weighted by Crippen LogP contribution is 2.30. The summed E-state index contributed by atoms with van der Waals surface area (Å²) in [6.07, 6.45) is 1.47. The van der Waals surface area contributed by atoms with Gasteiger partial charge in [-0.2, -0.15) is 0 Å². The molecule has 6 nitrogen and oxygen atoms in total. The zero-order chi connectivity index (χ0) is 21.0. The number of amides is 2. The molecule has 2 aromatic rings. The lowest BCUT2D eigenvalue weighted by molar-refractivity contribution is -0.128. The Morgan fingerprint density at radius 1 is 1.10 bits per heavy atom. The lowest BCUT2D eigenvalue weighted by Crippen LogP contribution is -2.52. The van der Waals surface area contributed by atoms with Gasteiger partial charge in [-0.05, 0) is 60.6 Å². The Kier molecular flexibility index (Phi) is 6.23. The Hall–Kier alpha value is -3.26. The normalized spacial score (nSPS) is 15.5. The summed E-state index contributed by atoms with van der Waals surface area (Å²) in [6.45, 7) is 2.48. The van der Waals surface area contributed by atoms with E-state index in [0.29, 0.717) is 23.7 Å². The molecule has 0 aliphatic carbocycles. The van der Waals surface area contributed by atoms with E-state index in [9.17, 15) is 14.0 Å². The largest absolute Gasteiger partial charge is 0.490 e. The van der Waals surface area contributed by atoms with Crippen molar-refractivity contribution in [3.8, 4) is 11.5 Å². The van der Waals surface area contributed by atoms with Gasteiger partial charge in [0.15, 0.2) is 16.6 Å². The fourth-order valence-electron chi connectivity index (χ4n) is 2.66. The Balaban J connectivity index is 1.83. The molecule has 0 atom stereocenters. The molecule has 3 rings (SSSR count). The van der Waals surface area contributed by atoms with Crippen molar-refractivity contribution in [2.75, 3.05) is 13.7 Å². The molecule has 2 amide bonds. The first kappa shape index (κ1) is 20.5. The lowest BCUT2D eigenvalue weighted by Gasteiger charge is -2.25. The maximum Gasteiger partial charge on any atom is 0.265 e. The number of nitrogens with one attached hydrogen (secondary N) is 1. The Bertz CT molecular complexity index is 989. The zero-order valence-electron chi connectivity index (χ0n) is 15.9. The molecule has 2 aromatic carbocycles. The van der Waals surface area contributed by atoms with Crippen molar-refractivity contribution >= 4 is 35.2 Å². The van der Waals surface area contributed by atoms with Crippen molar-refractivity contribution in [3.63, 3.8) is 0 Å². The highest BCUT2D eigenvalue weighted by atomic mass is 32.1. The van der Waals surface area contributed by atoms with Crippen LogP contribution >= 0.6 is 12.2 Å². The van der Waals surface area contributed by atoms with Crippen molar-refractivity contribution in [1.29, 1.82) is 0 Å². The van der Waals surface area contributed by atoms with E-state index >= 15 is 0 Å². The summed E-state index contributed by atoms with van der Waals surface area (Å²) >= 11 is 4.94. The molecule has 150 valence electrons. The monoisotopic (exact) mass is 414 g/mol. The summed E-state index contributed by atoms with van der Waals surface area (Å²) in [5.74, 6) is -0.373. The van der Waals surface area contributed by atoms with Gasteiger partial charge in [0.25, 0.3) is 11.8 Å². The maximum atomic E-state index is 13.0. The van der Waals surface area contributed by atoms with Crippen LogP contribution in [0.1, 0.15) is 18.1 Å². The maximum absolute atomic E-state index is 13.0. The van der Waals surface area contributed by atoms with E-state index in [2.05, 4.69) is 5.32 Å². The molecule has 1 aliphatic heterocycles. The van der Waals surface area contributed by atoms with Crippen LogP contribution in [0, 0.1) is 5.82 Å². The van der Waals surface area contributed by atoms with E-state index in [1.807, 2.05) is 6.92 Å². The van der Waals surface area contributed by atoms with Gasteiger partial charge in [0.2, 0.25) is 0 Å². The summed E-state index contributed by atoms with van der Waals surface area (Å²) in [5.41, 5.74) is 1.38. The van der Waals surface area contributed by atoms with Crippen LogP contribution in [0.25, 0.3) is 6.08 Å². The molecule has 1 heterocycles. The van der Waals surface area contributed by atoms with E-state index in [0.717, 1.165) is 5.56 Å². The average Bonchev–Trinajstić information content (AvgIpc) is 2.70. The van der Waals surface area contributed by atoms with Crippen LogP contribution in [0.2, 0.25) is 0 Å². The second-order valence-electron chi connectivity index (χ2n) is 6.24. The molecule has 1 fully saturated rings. The molecular weight excluding hydrogens is 395 g/mol. The fourth-order valence-corrected chi connectivity index (χ4v) is 2.83. The third-order valence-electron chi connectivity index (χ3n) is 4.19. The van der Waals surface area contributed by atoms with E-state index in [1.54, 1.807) is 30.3 Å². The number of likely N-dealkylation sites (N-methyl/N-ethyl adjacent to an activating group) is 1. The molecule has 0 aromatic heterocycles. The van der Waals surface area contributed by atoms with Crippen LogP contribution in [-0.2, 0) is 16.2 Å². The topological polar surface area (TPSA) is 67.9 Å². The Morgan fingerprint density at radius 2 is 1.83 bits per heavy atom. The summed E-state index contributed by atoms with van der Waals surface area (Å²) in [5, 5.41) is 2.54. The van der Waals surface area contributed by atoms with Crippen molar-refractivity contribution in [1.82, 2.24) is 10.2 Å². The van der Waals surface area contributed by atoms with E-state index in [1.165, 1.54) is 30.2 Å². The number of carbonyl (C=O) groups is 2. The van der Waals surface area contributed by atoms with Gasteiger partial charge in [0, 0.05) is 7.05 Å². The fraction of sp³-hybridized carbons (Fsp3) is 0.190. The molecular formula is C21H19FN2O4S. The van der Waals surface area contributed by atoms with E-state index in [-0.39, 0.29) is 23.1 Å². The number of ether oxygens (including phenoxy) is 2. The second kappa shape index (κ2) is 8.83. The third kappa shape index (κ3) is 4.78. The minimum absolute atomic E-state index is 0.0245. The van der Waals surface area contributed by atoms with Gasteiger partial charge < -0.3 is 9.47 Å². The van der Waals surface area contributed by atoms with Gasteiger partial charge in [-0.25, -0.2) is 4.39 Å². The predicted molar refractivity (Wildman–Crippen MR) is 110 cm³/mol. The number of benzene rings is 2. The van der Waals surface area contributed by atoms with Crippen molar-refractivity contribution < 1.29 is 23.5 Å². The van der Waals surface area contributed by atoms with Crippen LogP contribution in [0.4, 0.5) is 4.39 Å². The Morgan fingerprint density at radius 3 is 2.52 bits per heavy atom. The molecule has 1 saturated heterocycles. The highest BCUT2D eigenvalue weighted by Gasteiger charge is 2.30. The standard InChI is InChI=1S/C21H19FN2O4S/c1-3-27-18-11-14(10-16-19(25)23-21(29)24(2)20(16)26)6-9-17(18)28-12-13-4-7-15(22)8-5-13/h4-11H,3,12H2,1-2H3,(H,23,25,29). The van der Waals surface area contributed by atoms with Gasteiger partial charge in [0.1, 0.15) is 18.0 Å². The number of rotatable bonds is 6. The molecule has 29 heavy (non-hydrogen) atoms. The van der Waals surface area contributed by atoms with Gasteiger partial charge >= 0.3 is 0 Å². The summed E-state index contributed by atoms with van der Waals surface area (Å²) in [7, 11) is 1.50. The third-order valence-corrected chi connectivity index (χ3v) is 4.57. The number of halogens is 1. The Labute approximate surface area is 172 Å². The molecule has 0 spiro atoms. The van der Waals surface area contributed by atoms with Crippen molar-refractivity contribution in [2.45, 2.75) is 13.5 Å². The molecule has 1 N–H and O–H groups in total. The molecule has 0 unspecified atom stereocenters. The first-order chi connectivity index (χ1) is 13.9. The highest BCUT2D eigenvalue weighted by molar-refractivity contribution is 7.80. The number of nitrogens with zero attached hydrogens (tertiary/aromatic N) is 1. The summed E-state index contributed by atoms with van der Waals surface area (Å²) < 4.78 is 24.5. The number of hydrogen-bond acceptors (Lipinski definition) is 5. The average molecular weight is 414 g/mol. The minimum Gasteiger partial charge on any atom is -0.490 e. The number of thiocarbonyl (C=S) groups is 1. The number of carbonyl (C=O) groups excluding carboxylic acids is 2. The smallest absolute Gasteiger partial charge is 0.265 e.